The number of benzene rings is 2. The van der Waals surface area contributed by atoms with Gasteiger partial charge in [-0.25, -0.2) is 5.10 Å². The van der Waals surface area contributed by atoms with Crippen LogP contribution in [0.15, 0.2) is 47.6 Å². The largest absolute Gasteiger partial charge is 0.250 e. The van der Waals surface area contributed by atoms with E-state index in [9.17, 15) is 0 Å². The quantitative estimate of drug-likeness (QED) is 0.483. The molecule has 3 aromatic rings. The van der Waals surface area contributed by atoms with Crippen molar-refractivity contribution in [3.05, 3.63) is 67.9 Å². The molecule has 0 atom stereocenters. The molecular formula is C15H9Cl3N4S. The lowest BCUT2D eigenvalue weighted by Gasteiger charge is -2.03. The van der Waals surface area contributed by atoms with Crippen LogP contribution in [-0.4, -0.2) is 21.1 Å². The molecule has 0 saturated carbocycles. The maximum Gasteiger partial charge on any atom is 0.216 e. The molecule has 1 aromatic heterocycles. The molecule has 1 N–H and O–H groups in total. The Bertz CT molecular complexity index is 908. The minimum absolute atomic E-state index is 0.356. The second-order valence-corrected chi connectivity index (χ2v) is 6.19. The summed E-state index contributed by atoms with van der Waals surface area (Å²) in [6.45, 7) is 0. The summed E-state index contributed by atoms with van der Waals surface area (Å²) in [5, 5.41) is 12.9. The van der Waals surface area contributed by atoms with Crippen molar-refractivity contribution in [1.29, 1.82) is 0 Å². The van der Waals surface area contributed by atoms with E-state index in [1.807, 2.05) is 12.1 Å². The van der Waals surface area contributed by atoms with Crippen LogP contribution in [0.3, 0.4) is 0 Å². The van der Waals surface area contributed by atoms with E-state index < -0.39 is 0 Å². The molecule has 1 heterocycles. The van der Waals surface area contributed by atoms with Crippen molar-refractivity contribution in [1.82, 2.24) is 14.9 Å². The van der Waals surface area contributed by atoms with Crippen LogP contribution in [0.1, 0.15) is 5.56 Å². The molecule has 116 valence electrons. The Kier molecular flexibility index (Phi) is 4.82. The van der Waals surface area contributed by atoms with Crippen molar-refractivity contribution in [2.24, 2.45) is 5.10 Å². The number of hydrogen-bond donors (Lipinski definition) is 1. The molecule has 0 aliphatic carbocycles. The lowest BCUT2D eigenvalue weighted by Crippen LogP contribution is -1.95. The number of hydrogen-bond acceptors (Lipinski definition) is 3. The molecule has 0 unspecified atom stereocenters. The zero-order valence-corrected chi connectivity index (χ0v) is 14.6. The van der Waals surface area contributed by atoms with E-state index in [2.05, 4.69) is 15.3 Å². The lowest BCUT2D eigenvalue weighted by atomic mass is 10.2. The van der Waals surface area contributed by atoms with E-state index in [0.717, 1.165) is 5.56 Å². The highest BCUT2D eigenvalue weighted by molar-refractivity contribution is 7.71. The van der Waals surface area contributed by atoms with Crippen LogP contribution < -0.4 is 0 Å². The molecule has 3 rings (SSSR count). The van der Waals surface area contributed by atoms with E-state index in [1.165, 1.54) is 4.68 Å². The van der Waals surface area contributed by atoms with Gasteiger partial charge in [0.05, 0.1) is 16.3 Å². The fourth-order valence-corrected chi connectivity index (χ4v) is 2.73. The second-order valence-electron chi connectivity index (χ2n) is 4.55. The van der Waals surface area contributed by atoms with Crippen molar-refractivity contribution in [2.75, 3.05) is 0 Å². The number of aromatic nitrogens is 3. The summed E-state index contributed by atoms with van der Waals surface area (Å²) >= 11 is 23.4. The summed E-state index contributed by atoms with van der Waals surface area (Å²) in [5.41, 5.74) is 1.44. The van der Waals surface area contributed by atoms with Crippen molar-refractivity contribution < 1.29 is 0 Å². The molecule has 0 amide bonds. The van der Waals surface area contributed by atoms with Crippen LogP contribution in [0.5, 0.6) is 0 Å². The van der Waals surface area contributed by atoms with Crippen LogP contribution >= 0.6 is 47.0 Å². The van der Waals surface area contributed by atoms with E-state index in [0.29, 0.717) is 31.2 Å². The van der Waals surface area contributed by atoms with Gasteiger partial charge in [0, 0.05) is 16.1 Å². The van der Waals surface area contributed by atoms with Gasteiger partial charge in [-0.15, -0.1) is 0 Å². The third-order valence-electron chi connectivity index (χ3n) is 3.05. The number of H-pyrrole nitrogens is 1. The summed E-state index contributed by atoms with van der Waals surface area (Å²) in [6, 6.07) is 12.5. The average Bonchev–Trinajstić information content (AvgIpc) is 2.89. The maximum absolute atomic E-state index is 6.13. The monoisotopic (exact) mass is 382 g/mol. The van der Waals surface area contributed by atoms with E-state index in [1.54, 1.807) is 36.5 Å². The van der Waals surface area contributed by atoms with E-state index in [4.69, 9.17) is 47.0 Å². The molecule has 0 saturated heterocycles. The molecule has 23 heavy (non-hydrogen) atoms. The predicted molar refractivity (Wildman–Crippen MR) is 97.3 cm³/mol. The van der Waals surface area contributed by atoms with Crippen LogP contribution in [0, 0.1) is 4.77 Å². The highest BCUT2D eigenvalue weighted by Gasteiger charge is 2.09. The highest BCUT2D eigenvalue weighted by atomic mass is 35.5. The second kappa shape index (κ2) is 6.84. The number of nitrogens with one attached hydrogen (secondary N) is 1. The third kappa shape index (κ3) is 3.48. The fourth-order valence-electron chi connectivity index (χ4n) is 1.93. The number of nitrogens with zero attached hydrogens (tertiary/aromatic N) is 3. The van der Waals surface area contributed by atoms with Gasteiger partial charge in [0.1, 0.15) is 0 Å². The summed E-state index contributed by atoms with van der Waals surface area (Å²) in [5.74, 6) is 0.561. The van der Waals surface area contributed by atoms with Gasteiger partial charge in [-0.3, -0.25) is 0 Å². The van der Waals surface area contributed by atoms with Crippen LogP contribution in [0.4, 0.5) is 0 Å². The molecule has 0 radical (unpaired) electrons. The number of halogens is 3. The van der Waals surface area contributed by atoms with E-state index >= 15 is 0 Å². The van der Waals surface area contributed by atoms with Gasteiger partial charge >= 0.3 is 0 Å². The average molecular weight is 384 g/mol. The molecule has 0 bridgehead atoms. The Balaban J connectivity index is 2.04. The fraction of sp³-hybridized carbons (Fsp3) is 0. The zero-order chi connectivity index (χ0) is 16.4. The summed E-state index contributed by atoms with van der Waals surface area (Å²) < 4.78 is 1.85. The lowest BCUT2D eigenvalue weighted by molar-refractivity contribution is 0.871. The van der Waals surface area contributed by atoms with Gasteiger partial charge in [-0.1, -0.05) is 40.9 Å². The molecular weight excluding hydrogens is 375 g/mol. The third-order valence-corrected chi connectivity index (χ3v) is 4.23. The van der Waals surface area contributed by atoms with Gasteiger partial charge in [0.2, 0.25) is 4.77 Å². The molecule has 0 fully saturated rings. The molecule has 4 nitrogen and oxygen atoms in total. The Labute approximate surface area is 152 Å². The van der Waals surface area contributed by atoms with Gasteiger partial charge in [-0.2, -0.15) is 14.9 Å². The van der Waals surface area contributed by atoms with Gasteiger partial charge < -0.3 is 0 Å². The Morgan fingerprint density at radius 3 is 2.35 bits per heavy atom. The number of rotatable bonds is 3. The first-order valence-electron chi connectivity index (χ1n) is 6.48. The number of aromatic amines is 1. The first-order chi connectivity index (χ1) is 11.1. The Morgan fingerprint density at radius 1 is 1.04 bits per heavy atom. The van der Waals surface area contributed by atoms with Crippen molar-refractivity contribution in [2.45, 2.75) is 0 Å². The topological polar surface area (TPSA) is 46.0 Å². The molecule has 0 spiro atoms. The summed E-state index contributed by atoms with van der Waals surface area (Å²) in [4.78, 5) is 0. The van der Waals surface area contributed by atoms with Gasteiger partial charge in [-0.05, 0) is 48.6 Å². The molecule has 0 aliphatic rings. The SMILES string of the molecule is S=c1[nH]nc(-c2ccc(Cl)cc2)n1/N=C\c1c(Cl)cccc1Cl. The Hall–Kier alpha value is -1.66. The summed E-state index contributed by atoms with van der Waals surface area (Å²) in [6.07, 6.45) is 1.55. The molecule has 2 aromatic carbocycles. The van der Waals surface area contributed by atoms with Crippen molar-refractivity contribution in [3.63, 3.8) is 0 Å². The Morgan fingerprint density at radius 2 is 1.70 bits per heavy atom. The minimum atomic E-state index is 0.356. The smallest absolute Gasteiger partial charge is 0.216 e. The predicted octanol–water partition coefficient (Wildman–Crippen LogP) is 5.45. The maximum atomic E-state index is 6.13. The van der Waals surface area contributed by atoms with Gasteiger partial charge in [0.25, 0.3) is 0 Å². The van der Waals surface area contributed by atoms with Crippen molar-refractivity contribution in [3.8, 4) is 11.4 Å². The van der Waals surface area contributed by atoms with E-state index in [-0.39, 0.29) is 0 Å². The first-order valence-corrected chi connectivity index (χ1v) is 8.02. The van der Waals surface area contributed by atoms with Crippen molar-refractivity contribution >= 4 is 53.2 Å². The molecule has 8 heteroatoms. The minimum Gasteiger partial charge on any atom is -0.250 e. The normalized spacial score (nSPS) is 11.3. The summed E-state index contributed by atoms with van der Waals surface area (Å²) in [7, 11) is 0. The molecule has 0 aliphatic heterocycles. The van der Waals surface area contributed by atoms with Crippen LogP contribution in [0.2, 0.25) is 15.1 Å². The standard InChI is InChI=1S/C15H9Cl3N4S/c16-10-6-4-9(5-7-10)14-20-21-15(23)22(14)19-8-11-12(17)2-1-3-13(11)18/h1-8H,(H,21,23)/b19-8-. The first kappa shape index (κ1) is 16.2. The highest BCUT2D eigenvalue weighted by Crippen LogP contribution is 2.23. The van der Waals surface area contributed by atoms with Gasteiger partial charge in [0.15, 0.2) is 5.82 Å². The van der Waals surface area contributed by atoms with Crippen LogP contribution in [0.25, 0.3) is 11.4 Å². The van der Waals surface area contributed by atoms with Crippen LogP contribution in [-0.2, 0) is 0 Å². The zero-order valence-electron chi connectivity index (χ0n) is 11.5.